The highest BCUT2D eigenvalue weighted by Crippen LogP contribution is 2.20. The summed E-state index contributed by atoms with van der Waals surface area (Å²) in [5, 5.41) is 7.87. The Balaban J connectivity index is 1.83. The van der Waals surface area contributed by atoms with E-state index >= 15 is 0 Å². The van der Waals surface area contributed by atoms with Crippen LogP contribution in [-0.2, 0) is 26.6 Å². The van der Waals surface area contributed by atoms with Crippen LogP contribution in [0.3, 0.4) is 0 Å². The molecule has 0 bridgehead atoms. The van der Waals surface area contributed by atoms with E-state index < -0.39 is 20.0 Å². The molecule has 0 spiro atoms. The number of hydrogen-bond acceptors (Lipinski definition) is 6. The Hall–Kier alpha value is -0.940. The monoisotopic (exact) mass is 337 g/mol. The maximum Gasteiger partial charge on any atom is 0.273 e. The highest BCUT2D eigenvalue weighted by molar-refractivity contribution is 7.89. The van der Waals surface area contributed by atoms with Crippen LogP contribution in [0.2, 0.25) is 0 Å². The second-order valence-corrected chi connectivity index (χ2v) is 8.43. The van der Waals surface area contributed by atoms with E-state index in [1.165, 1.54) is 6.07 Å². The third kappa shape index (κ3) is 5.75. The Morgan fingerprint density at radius 2 is 1.95 bits per heavy atom. The van der Waals surface area contributed by atoms with E-state index in [9.17, 15) is 16.8 Å². The predicted octanol–water partition coefficient (Wildman–Crippen LogP) is -0.511. The Bertz CT molecular complexity index is 676. The summed E-state index contributed by atoms with van der Waals surface area (Å²) in [4.78, 5) is 0. The molecule has 8 nitrogen and oxygen atoms in total. The molecule has 0 unspecified atom stereocenters. The summed E-state index contributed by atoms with van der Waals surface area (Å²) in [5.74, 6) is 0.274. The molecular formula is C11H19N3O5S2. The molecule has 1 aromatic rings. The zero-order valence-electron chi connectivity index (χ0n) is 11.4. The predicted molar refractivity (Wildman–Crippen MR) is 76.3 cm³/mol. The van der Waals surface area contributed by atoms with Gasteiger partial charge >= 0.3 is 0 Å². The van der Waals surface area contributed by atoms with E-state index in [-0.39, 0.29) is 23.8 Å². The SMILES string of the molecule is NS(=O)(=O)CCCNS(=O)(=O)c1ccc(CNC2CC2)o1. The van der Waals surface area contributed by atoms with Crippen LogP contribution in [0.5, 0.6) is 0 Å². The van der Waals surface area contributed by atoms with Gasteiger partial charge in [0.25, 0.3) is 10.0 Å². The van der Waals surface area contributed by atoms with Crippen LogP contribution in [0.4, 0.5) is 0 Å². The lowest BCUT2D eigenvalue weighted by Crippen LogP contribution is -2.27. The molecule has 2 rings (SSSR count). The molecule has 0 aromatic carbocycles. The molecule has 1 aliphatic carbocycles. The number of primary sulfonamides is 1. The average Bonchev–Trinajstić information content (AvgIpc) is 3.07. The van der Waals surface area contributed by atoms with Crippen molar-refractivity contribution in [2.75, 3.05) is 12.3 Å². The summed E-state index contributed by atoms with van der Waals surface area (Å²) in [5.41, 5.74) is 0. The van der Waals surface area contributed by atoms with Crippen LogP contribution >= 0.6 is 0 Å². The minimum absolute atomic E-state index is 0.0187. The molecule has 0 atom stereocenters. The number of hydrogen-bond donors (Lipinski definition) is 3. The number of nitrogens with one attached hydrogen (secondary N) is 2. The molecule has 1 fully saturated rings. The highest BCUT2D eigenvalue weighted by atomic mass is 32.2. The normalized spacial score (nSPS) is 16.2. The van der Waals surface area contributed by atoms with Crippen LogP contribution in [0.15, 0.2) is 21.6 Å². The van der Waals surface area contributed by atoms with Crippen LogP contribution in [0, 0.1) is 0 Å². The van der Waals surface area contributed by atoms with Gasteiger partial charge in [-0.1, -0.05) is 0 Å². The molecule has 0 aliphatic heterocycles. The second-order valence-electron chi connectivity index (χ2n) is 4.99. The first kappa shape index (κ1) is 16.4. The van der Waals surface area contributed by atoms with E-state index in [0.717, 1.165) is 12.8 Å². The number of nitrogens with two attached hydrogens (primary N) is 1. The van der Waals surface area contributed by atoms with Gasteiger partial charge in [0.05, 0.1) is 12.3 Å². The van der Waals surface area contributed by atoms with Crippen molar-refractivity contribution < 1.29 is 21.3 Å². The van der Waals surface area contributed by atoms with Crippen molar-refractivity contribution in [3.63, 3.8) is 0 Å². The van der Waals surface area contributed by atoms with Crippen molar-refractivity contribution in [2.45, 2.75) is 36.9 Å². The van der Waals surface area contributed by atoms with Crippen molar-refractivity contribution in [1.29, 1.82) is 0 Å². The largest absolute Gasteiger partial charge is 0.447 e. The van der Waals surface area contributed by atoms with E-state index in [1.54, 1.807) is 6.07 Å². The summed E-state index contributed by atoms with van der Waals surface area (Å²) in [6, 6.07) is 3.49. The lowest BCUT2D eigenvalue weighted by molar-refractivity contribution is 0.399. The standard InChI is InChI=1S/C11H19N3O5S2/c12-20(15,16)7-1-6-14-21(17,18)11-5-4-10(19-11)8-13-9-2-3-9/h4-5,9,13-14H,1-3,6-8H2,(H2,12,15,16). The number of furan rings is 1. The third-order valence-electron chi connectivity index (χ3n) is 2.94. The first-order chi connectivity index (χ1) is 9.76. The van der Waals surface area contributed by atoms with Crippen molar-refractivity contribution in [3.8, 4) is 0 Å². The van der Waals surface area contributed by atoms with Crippen molar-refractivity contribution in [2.24, 2.45) is 5.14 Å². The van der Waals surface area contributed by atoms with Crippen molar-refractivity contribution in [3.05, 3.63) is 17.9 Å². The van der Waals surface area contributed by atoms with Gasteiger partial charge in [0.1, 0.15) is 5.76 Å². The highest BCUT2D eigenvalue weighted by Gasteiger charge is 2.22. The minimum atomic E-state index is -3.76. The molecule has 1 heterocycles. The molecular weight excluding hydrogens is 318 g/mol. The molecule has 21 heavy (non-hydrogen) atoms. The molecule has 4 N–H and O–H groups in total. The van der Waals surface area contributed by atoms with Gasteiger partial charge < -0.3 is 9.73 Å². The molecule has 1 saturated carbocycles. The second kappa shape index (κ2) is 6.44. The van der Waals surface area contributed by atoms with Gasteiger partial charge in [-0.05, 0) is 31.4 Å². The number of rotatable bonds is 9. The lowest BCUT2D eigenvalue weighted by atomic mass is 10.4. The molecule has 0 radical (unpaired) electrons. The van der Waals surface area contributed by atoms with Crippen LogP contribution in [-0.4, -0.2) is 35.2 Å². The van der Waals surface area contributed by atoms with E-state index in [0.29, 0.717) is 18.3 Å². The summed E-state index contributed by atoms with van der Waals surface area (Å²) < 4.78 is 52.8. The van der Waals surface area contributed by atoms with E-state index in [1.807, 2.05) is 0 Å². The fourth-order valence-corrected chi connectivity index (χ4v) is 3.25. The molecule has 0 saturated heterocycles. The third-order valence-corrected chi connectivity index (χ3v) is 5.13. The number of sulfonamides is 2. The Morgan fingerprint density at radius 3 is 2.57 bits per heavy atom. The van der Waals surface area contributed by atoms with Crippen LogP contribution < -0.4 is 15.2 Å². The molecule has 1 aromatic heterocycles. The van der Waals surface area contributed by atoms with Crippen LogP contribution in [0.1, 0.15) is 25.0 Å². The van der Waals surface area contributed by atoms with Gasteiger partial charge in [-0.25, -0.2) is 26.7 Å². The topological polar surface area (TPSA) is 132 Å². The lowest BCUT2D eigenvalue weighted by Gasteiger charge is -2.04. The summed E-state index contributed by atoms with van der Waals surface area (Å²) >= 11 is 0. The maximum absolute atomic E-state index is 11.9. The quantitative estimate of drug-likeness (QED) is 0.520. The van der Waals surface area contributed by atoms with Gasteiger partial charge in [0.2, 0.25) is 15.1 Å². The molecule has 1 aliphatic rings. The zero-order chi connectivity index (χ0) is 15.5. The summed E-state index contributed by atoms with van der Waals surface area (Å²) in [7, 11) is -7.34. The molecule has 0 amide bonds. The minimum Gasteiger partial charge on any atom is -0.447 e. The Labute approximate surface area is 124 Å². The van der Waals surface area contributed by atoms with Gasteiger partial charge in [-0.3, -0.25) is 0 Å². The van der Waals surface area contributed by atoms with Gasteiger partial charge in [0.15, 0.2) is 0 Å². The summed E-state index contributed by atoms with van der Waals surface area (Å²) in [6.45, 7) is 0.473. The molecule has 120 valence electrons. The Kier molecular flexibility index (Phi) is 5.04. The molecule has 10 heteroatoms. The van der Waals surface area contributed by atoms with Crippen molar-refractivity contribution in [1.82, 2.24) is 10.0 Å². The van der Waals surface area contributed by atoms with Gasteiger partial charge in [-0.15, -0.1) is 0 Å². The van der Waals surface area contributed by atoms with Gasteiger partial charge in [0, 0.05) is 12.6 Å². The maximum atomic E-state index is 11.9. The first-order valence-corrected chi connectivity index (χ1v) is 9.78. The Morgan fingerprint density at radius 1 is 1.24 bits per heavy atom. The first-order valence-electron chi connectivity index (χ1n) is 6.58. The fourth-order valence-electron chi connectivity index (χ4n) is 1.68. The fraction of sp³-hybridized carbons (Fsp3) is 0.636. The van der Waals surface area contributed by atoms with E-state index in [2.05, 4.69) is 10.0 Å². The van der Waals surface area contributed by atoms with Gasteiger partial charge in [-0.2, -0.15) is 0 Å². The average molecular weight is 337 g/mol. The van der Waals surface area contributed by atoms with Crippen molar-refractivity contribution >= 4 is 20.0 Å². The smallest absolute Gasteiger partial charge is 0.273 e. The summed E-state index contributed by atoms with van der Waals surface area (Å²) in [6.07, 6.45) is 2.38. The van der Waals surface area contributed by atoms with E-state index in [4.69, 9.17) is 9.56 Å². The zero-order valence-corrected chi connectivity index (χ0v) is 13.0. The van der Waals surface area contributed by atoms with Crippen LogP contribution in [0.25, 0.3) is 0 Å².